The maximum absolute atomic E-state index is 12.5. The van der Waals surface area contributed by atoms with Gasteiger partial charge in [0, 0.05) is 24.7 Å². The number of amides is 2. The molecule has 1 aromatic rings. The van der Waals surface area contributed by atoms with Crippen LogP contribution in [0.3, 0.4) is 0 Å². The highest BCUT2D eigenvalue weighted by atomic mass is 16.5. The van der Waals surface area contributed by atoms with Crippen LogP contribution in [0, 0.1) is 0 Å². The molecule has 25 heavy (non-hydrogen) atoms. The molecular weight excluding hydrogens is 320 g/mol. The fraction of sp³-hybridized carbons (Fsp3) is 0.474. The van der Waals surface area contributed by atoms with Gasteiger partial charge in [-0.25, -0.2) is 0 Å². The van der Waals surface area contributed by atoms with Crippen molar-refractivity contribution in [2.75, 3.05) is 20.8 Å². The first-order valence-electron chi connectivity index (χ1n) is 8.63. The zero-order valence-corrected chi connectivity index (χ0v) is 14.7. The Labute approximate surface area is 147 Å². The van der Waals surface area contributed by atoms with E-state index >= 15 is 0 Å². The Bertz CT molecular complexity index is 660. The number of carbonyl (C=O) groups is 2. The molecule has 2 fully saturated rings. The Kier molecular flexibility index (Phi) is 5.26. The number of methoxy groups -OCH3 is 2. The summed E-state index contributed by atoms with van der Waals surface area (Å²) in [5.74, 6) is 1.16. The summed E-state index contributed by atoms with van der Waals surface area (Å²) < 4.78 is 10.5. The molecule has 6 nitrogen and oxygen atoms in total. The number of benzene rings is 1. The summed E-state index contributed by atoms with van der Waals surface area (Å²) in [7, 11) is 3.17. The predicted molar refractivity (Wildman–Crippen MR) is 94.5 cm³/mol. The SMILES string of the molecule is COc1cc(/C=C/C(=O)N2CCCC2C(=O)NC2CC2)cc(OC)c1. The molecular formula is C19H24N2O4. The molecule has 1 heterocycles. The van der Waals surface area contributed by atoms with Crippen LogP contribution in [-0.4, -0.2) is 49.6 Å². The molecule has 1 aromatic carbocycles. The van der Waals surface area contributed by atoms with Gasteiger partial charge in [0.2, 0.25) is 11.8 Å². The summed E-state index contributed by atoms with van der Waals surface area (Å²) >= 11 is 0. The first kappa shape index (κ1) is 17.3. The predicted octanol–water partition coefficient (Wildman–Crippen LogP) is 1.99. The van der Waals surface area contributed by atoms with Gasteiger partial charge < -0.3 is 19.7 Å². The molecule has 1 aliphatic carbocycles. The van der Waals surface area contributed by atoms with E-state index in [1.807, 2.05) is 12.1 Å². The zero-order valence-electron chi connectivity index (χ0n) is 14.7. The van der Waals surface area contributed by atoms with Crippen LogP contribution in [0.25, 0.3) is 6.08 Å². The number of ether oxygens (including phenoxy) is 2. The van der Waals surface area contributed by atoms with Gasteiger partial charge in [0.05, 0.1) is 14.2 Å². The Hall–Kier alpha value is -2.50. The molecule has 0 radical (unpaired) electrons. The van der Waals surface area contributed by atoms with Crippen LogP contribution in [0.5, 0.6) is 11.5 Å². The van der Waals surface area contributed by atoms with E-state index in [1.165, 1.54) is 6.08 Å². The highest BCUT2D eigenvalue weighted by Gasteiger charge is 2.35. The van der Waals surface area contributed by atoms with Crippen LogP contribution in [0.1, 0.15) is 31.2 Å². The molecule has 1 unspecified atom stereocenters. The van der Waals surface area contributed by atoms with Crippen LogP contribution in [-0.2, 0) is 9.59 Å². The van der Waals surface area contributed by atoms with Crippen molar-refractivity contribution in [3.05, 3.63) is 29.8 Å². The van der Waals surface area contributed by atoms with Crippen LogP contribution in [0.15, 0.2) is 24.3 Å². The molecule has 1 saturated heterocycles. The quantitative estimate of drug-likeness (QED) is 0.802. The number of nitrogens with zero attached hydrogens (tertiary/aromatic N) is 1. The summed E-state index contributed by atoms with van der Waals surface area (Å²) in [6.07, 6.45) is 6.91. The van der Waals surface area contributed by atoms with E-state index in [0.717, 1.165) is 31.2 Å². The van der Waals surface area contributed by atoms with Gasteiger partial charge in [0.1, 0.15) is 17.5 Å². The van der Waals surface area contributed by atoms with Gasteiger partial charge in [-0.3, -0.25) is 9.59 Å². The normalized spacial score (nSPS) is 19.9. The smallest absolute Gasteiger partial charge is 0.247 e. The number of carbonyl (C=O) groups excluding carboxylic acids is 2. The van der Waals surface area contributed by atoms with Crippen molar-refractivity contribution in [1.82, 2.24) is 10.2 Å². The van der Waals surface area contributed by atoms with Crippen LogP contribution >= 0.6 is 0 Å². The molecule has 1 N–H and O–H groups in total. The molecule has 2 amide bonds. The molecule has 1 aliphatic heterocycles. The van der Waals surface area contributed by atoms with Crippen molar-refractivity contribution in [1.29, 1.82) is 0 Å². The minimum Gasteiger partial charge on any atom is -0.497 e. The number of hydrogen-bond donors (Lipinski definition) is 1. The second-order valence-corrected chi connectivity index (χ2v) is 6.45. The monoisotopic (exact) mass is 344 g/mol. The van der Waals surface area contributed by atoms with Gasteiger partial charge in [0.25, 0.3) is 0 Å². The van der Waals surface area contributed by atoms with Crippen molar-refractivity contribution >= 4 is 17.9 Å². The second kappa shape index (κ2) is 7.59. The molecule has 1 atom stereocenters. The molecule has 134 valence electrons. The van der Waals surface area contributed by atoms with Gasteiger partial charge in [-0.2, -0.15) is 0 Å². The van der Waals surface area contributed by atoms with Gasteiger partial charge in [-0.05, 0) is 49.5 Å². The molecule has 0 aromatic heterocycles. The summed E-state index contributed by atoms with van der Waals surface area (Å²) in [5, 5.41) is 2.99. The number of nitrogens with one attached hydrogen (secondary N) is 1. The average molecular weight is 344 g/mol. The molecule has 6 heteroatoms. The topological polar surface area (TPSA) is 67.9 Å². The zero-order chi connectivity index (χ0) is 17.8. The van der Waals surface area contributed by atoms with Crippen molar-refractivity contribution in [3.63, 3.8) is 0 Å². The first-order valence-corrected chi connectivity index (χ1v) is 8.63. The van der Waals surface area contributed by atoms with Gasteiger partial charge >= 0.3 is 0 Å². The lowest BCUT2D eigenvalue weighted by atomic mass is 10.1. The third kappa shape index (κ3) is 4.32. The largest absolute Gasteiger partial charge is 0.497 e. The third-order valence-corrected chi connectivity index (χ3v) is 4.55. The van der Waals surface area contributed by atoms with E-state index in [0.29, 0.717) is 24.1 Å². The Morgan fingerprint density at radius 3 is 2.40 bits per heavy atom. The maximum atomic E-state index is 12.5. The number of rotatable bonds is 6. The lowest BCUT2D eigenvalue weighted by Gasteiger charge is -2.22. The van der Waals surface area contributed by atoms with E-state index in [-0.39, 0.29) is 17.9 Å². The summed E-state index contributed by atoms with van der Waals surface area (Å²) in [5.41, 5.74) is 0.808. The van der Waals surface area contributed by atoms with Crippen molar-refractivity contribution in [2.45, 2.75) is 37.8 Å². The lowest BCUT2D eigenvalue weighted by molar-refractivity contribution is -0.135. The van der Waals surface area contributed by atoms with Gasteiger partial charge in [-0.1, -0.05) is 0 Å². The lowest BCUT2D eigenvalue weighted by Crippen LogP contribution is -2.46. The Balaban J connectivity index is 1.68. The molecule has 0 bridgehead atoms. The highest BCUT2D eigenvalue weighted by molar-refractivity contribution is 5.96. The molecule has 2 aliphatic rings. The van der Waals surface area contributed by atoms with E-state index < -0.39 is 0 Å². The maximum Gasteiger partial charge on any atom is 0.247 e. The minimum atomic E-state index is -0.349. The van der Waals surface area contributed by atoms with Crippen molar-refractivity contribution in [2.24, 2.45) is 0 Å². The summed E-state index contributed by atoms with van der Waals surface area (Å²) in [6.45, 7) is 0.618. The summed E-state index contributed by atoms with van der Waals surface area (Å²) in [6, 6.07) is 5.39. The first-order chi connectivity index (χ1) is 12.1. The number of hydrogen-bond acceptors (Lipinski definition) is 4. The highest BCUT2D eigenvalue weighted by Crippen LogP contribution is 2.25. The van der Waals surface area contributed by atoms with Gasteiger partial charge in [-0.15, -0.1) is 0 Å². The third-order valence-electron chi connectivity index (χ3n) is 4.55. The summed E-state index contributed by atoms with van der Waals surface area (Å²) in [4.78, 5) is 26.5. The second-order valence-electron chi connectivity index (χ2n) is 6.45. The molecule has 0 spiro atoms. The van der Waals surface area contributed by atoms with Crippen molar-refractivity contribution < 1.29 is 19.1 Å². The molecule has 3 rings (SSSR count). The standard InChI is InChI=1S/C19H24N2O4/c1-24-15-10-13(11-16(12-15)25-2)5-8-18(22)21-9-3-4-17(21)19(23)20-14-6-7-14/h5,8,10-12,14,17H,3-4,6-7,9H2,1-2H3,(H,20,23)/b8-5+. The fourth-order valence-electron chi connectivity index (χ4n) is 3.02. The van der Waals surface area contributed by atoms with E-state index in [4.69, 9.17) is 9.47 Å². The van der Waals surface area contributed by atoms with E-state index in [2.05, 4.69) is 5.32 Å². The Morgan fingerprint density at radius 1 is 1.12 bits per heavy atom. The van der Waals surface area contributed by atoms with Gasteiger partial charge in [0.15, 0.2) is 0 Å². The van der Waals surface area contributed by atoms with Crippen LogP contribution in [0.2, 0.25) is 0 Å². The van der Waals surface area contributed by atoms with Crippen molar-refractivity contribution in [3.8, 4) is 11.5 Å². The van der Waals surface area contributed by atoms with Crippen LogP contribution in [0.4, 0.5) is 0 Å². The van der Waals surface area contributed by atoms with Crippen LogP contribution < -0.4 is 14.8 Å². The average Bonchev–Trinajstić information content (AvgIpc) is 3.30. The fourth-order valence-corrected chi connectivity index (χ4v) is 3.02. The van der Waals surface area contributed by atoms with E-state index in [1.54, 1.807) is 31.3 Å². The van der Waals surface area contributed by atoms with E-state index in [9.17, 15) is 9.59 Å². The Morgan fingerprint density at radius 2 is 1.80 bits per heavy atom. The minimum absolute atomic E-state index is 0.0233. The number of likely N-dealkylation sites (tertiary alicyclic amines) is 1. The molecule has 1 saturated carbocycles.